The Bertz CT molecular complexity index is 3160. The van der Waals surface area contributed by atoms with E-state index >= 15 is 0 Å². The number of aromatic nitrogens is 4. The van der Waals surface area contributed by atoms with E-state index in [0.717, 1.165) is 63.2 Å². The van der Waals surface area contributed by atoms with Gasteiger partial charge < -0.3 is 10.6 Å². The van der Waals surface area contributed by atoms with Crippen LogP contribution in [0.5, 0.6) is 0 Å². The molecule has 1 N–H and O–H groups in total. The minimum absolute atomic E-state index is 0. The molecule has 516 valence electrons. The Labute approximate surface area is 639 Å². The third-order valence-corrected chi connectivity index (χ3v) is 14.8. The second-order valence-electron chi connectivity index (χ2n) is 26.0. The molecule has 8 heteroatoms. The maximum absolute atomic E-state index is 5.25. The van der Waals surface area contributed by atoms with E-state index in [2.05, 4.69) is 196 Å². The molecule has 0 aliphatic rings. The molecule has 9 aromatic carbocycles. The molecule has 11 aromatic rings. The molecule has 2 unspecified atom stereocenters. The first kappa shape index (κ1) is 88.8. The van der Waals surface area contributed by atoms with Gasteiger partial charge in [0, 0.05) is 37.9 Å². The quantitative estimate of drug-likeness (QED) is 0.0872. The van der Waals surface area contributed by atoms with Crippen molar-refractivity contribution in [1.29, 1.82) is 0 Å². The Morgan fingerprint density at radius 3 is 0.758 bits per heavy atom. The number of para-hydroxylation sites is 2. The van der Waals surface area contributed by atoms with Crippen LogP contribution in [-0.4, -0.2) is 19.6 Å². The molecule has 2 atom stereocenters. The van der Waals surface area contributed by atoms with Crippen molar-refractivity contribution in [2.45, 2.75) is 132 Å². The molecule has 0 fully saturated rings. The van der Waals surface area contributed by atoms with Crippen LogP contribution in [-0.2, 0) is 65.8 Å². The standard InChI is InChI=1S/C21H33N3.C21H32N3.7C7H7.2Hf/c2*1-14(2)13-20(19-11-12-24(7)23-19)22-21-17(15(3)4)9-8-10-18(21)16(5)6;7*1-7-5-3-2-4-6-7;;/h8-12,14-16,20,22H,13H2,1-7H3;8-12,14-16,20H,13H2,1-7H3;7*2-6H,1H2;;/q;8*-1;2*+4. The number of aryl methyl sites for hydroxylation is 2. The van der Waals surface area contributed by atoms with Gasteiger partial charge in [-0.25, -0.2) is 0 Å². The van der Waals surface area contributed by atoms with E-state index in [9.17, 15) is 0 Å². The van der Waals surface area contributed by atoms with Crippen LogP contribution in [0, 0.1) is 60.3 Å². The molecule has 11 rings (SSSR count). The number of rotatable bonds is 14. The van der Waals surface area contributed by atoms with Gasteiger partial charge in [0.25, 0.3) is 0 Å². The van der Waals surface area contributed by atoms with E-state index in [0.29, 0.717) is 35.5 Å². The first-order valence-electron chi connectivity index (χ1n) is 34.2. The summed E-state index contributed by atoms with van der Waals surface area (Å²) >= 11 is 0. The van der Waals surface area contributed by atoms with E-state index in [1.807, 2.05) is 248 Å². The minimum atomic E-state index is 0. The smallest absolute Gasteiger partial charge is 0.676 e. The van der Waals surface area contributed by atoms with Gasteiger partial charge in [-0.3, -0.25) is 9.36 Å². The minimum Gasteiger partial charge on any atom is -0.676 e. The summed E-state index contributed by atoms with van der Waals surface area (Å²) in [6.45, 7) is 53.2. The van der Waals surface area contributed by atoms with Crippen molar-refractivity contribution >= 4 is 11.4 Å². The molecule has 0 radical (unpaired) electrons. The second kappa shape index (κ2) is 51.1. The third-order valence-electron chi connectivity index (χ3n) is 14.8. The summed E-state index contributed by atoms with van der Waals surface area (Å²) in [5.74, 6) is 3.11. The van der Waals surface area contributed by atoms with Crippen molar-refractivity contribution in [3.05, 3.63) is 400 Å². The normalized spacial score (nSPS) is 10.6. The van der Waals surface area contributed by atoms with E-state index in [-0.39, 0.29) is 63.8 Å². The fourth-order valence-corrected chi connectivity index (χ4v) is 9.70. The molecular weight excluding hydrogens is 1530 g/mol. The molecule has 0 spiro atoms. The number of nitrogens with one attached hydrogen (secondary N) is 1. The summed E-state index contributed by atoms with van der Waals surface area (Å²) in [5.41, 5.74) is 17.6. The molecule has 0 aliphatic carbocycles. The molecule has 99 heavy (non-hydrogen) atoms. The predicted octanol–water partition coefficient (Wildman–Crippen LogP) is 25.4. The zero-order valence-corrected chi connectivity index (χ0v) is 69.4. The monoisotopic (exact) mass is 1650 g/mol. The molecular formula is C91H114Hf2N6. The Morgan fingerprint density at radius 2 is 0.556 bits per heavy atom. The number of benzene rings is 9. The van der Waals surface area contributed by atoms with Gasteiger partial charge in [0.2, 0.25) is 0 Å². The van der Waals surface area contributed by atoms with Crippen molar-refractivity contribution < 1.29 is 51.7 Å². The van der Waals surface area contributed by atoms with Gasteiger partial charge in [-0.1, -0.05) is 186 Å². The van der Waals surface area contributed by atoms with Gasteiger partial charge in [0.05, 0.1) is 11.7 Å². The fraction of sp³-hybridized carbons (Fsp3) is 0.264. The summed E-state index contributed by atoms with van der Waals surface area (Å²) in [5, 5.41) is 18.4. The summed E-state index contributed by atoms with van der Waals surface area (Å²) < 4.78 is 3.76. The molecule has 0 saturated heterocycles. The van der Waals surface area contributed by atoms with Crippen LogP contribution in [0.4, 0.5) is 11.4 Å². The molecule has 0 aliphatic heterocycles. The van der Waals surface area contributed by atoms with Gasteiger partial charge in [0.15, 0.2) is 0 Å². The Hall–Kier alpha value is -8.17. The largest absolute Gasteiger partial charge is 4.00 e. The van der Waals surface area contributed by atoms with Crippen molar-refractivity contribution in [3.8, 4) is 0 Å². The van der Waals surface area contributed by atoms with E-state index < -0.39 is 0 Å². The van der Waals surface area contributed by atoms with Crippen LogP contribution in [0.15, 0.2) is 273 Å². The van der Waals surface area contributed by atoms with Crippen LogP contribution in [0.3, 0.4) is 0 Å². The number of hydrogen-bond donors (Lipinski definition) is 1. The predicted molar refractivity (Wildman–Crippen MR) is 423 cm³/mol. The molecule has 0 amide bonds. The second-order valence-corrected chi connectivity index (χ2v) is 26.0. The first-order chi connectivity index (χ1) is 46.3. The maximum atomic E-state index is 5.25. The SMILES string of the molecule is CC(C)CC(Nc1c(C(C)C)cccc1C(C)C)c1ccn(C)n1.CC(C)CC([N-]c1c(C(C)C)cccc1C(C)C)c1ccn(C)n1.[CH2-]c1ccccc1.[CH2-]c1ccccc1.[CH2-]c1ccccc1.[CH2-]c1ccccc1.[CH2-]c1ccccc1.[CH2-]c1ccccc1.[CH2-]c1ccccc1.[Hf+4].[Hf+4]. The number of anilines is 1. The van der Waals surface area contributed by atoms with Gasteiger partial charge in [-0.2, -0.15) is 183 Å². The average molecular weight is 1650 g/mol. The van der Waals surface area contributed by atoms with Gasteiger partial charge in [-0.05, 0) is 65.2 Å². The zero-order valence-electron chi connectivity index (χ0n) is 62.2. The summed E-state index contributed by atoms with van der Waals surface area (Å²) in [4.78, 5) is 0. The first-order valence-corrected chi connectivity index (χ1v) is 34.2. The van der Waals surface area contributed by atoms with Crippen LogP contribution in [0.25, 0.3) is 5.32 Å². The Morgan fingerprint density at radius 1 is 0.313 bits per heavy atom. The molecule has 2 aromatic heterocycles. The van der Waals surface area contributed by atoms with Gasteiger partial charge in [0.1, 0.15) is 0 Å². The van der Waals surface area contributed by atoms with Crippen molar-refractivity contribution in [3.63, 3.8) is 0 Å². The van der Waals surface area contributed by atoms with Crippen LogP contribution in [0.2, 0.25) is 0 Å². The van der Waals surface area contributed by atoms with Crippen LogP contribution >= 0.6 is 0 Å². The Balaban J connectivity index is 0.000000594. The van der Waals surface area contributed by atoms with Gasteiger partial charge in [-0.15, -0.1) is 90.6 Å². The Kier molecular flexibility index (Phi) is 45.8. The maximum Gasteiger partial charge on any atom is 4.00 e. The average Bonchev–Trinajstić information content (AvgIpc) is 1.53. The van der Waals surface area contributed by atoms with Crippen molar-refractivity contribution in [2.75, 3.05) is 5.32 Å². The van der Waals surface area contributed by atoms with E-state index in [1.165, 1.54) is 33.6 Å². The number of hydrogen-bond acceptors (Lipinski definition) is 3. The summed E-state index contributed by atoms with van der Waals surface area (Å²) in [6, 6.07) is 87.0. The van der Waals surface area contributed by atoms with Crippen molar-refractivity contribution in [2.24, 2.45) is 25.9 Å². The van der Waals surface area contributed by atoms with Gasteiger partial charge >= 0.3 is 51.7 Å². The third kappa shape index (κ3) is 38.7. The van der Waals surface area contributed by atoms with Crippen LogP contribution < -0.4 is 5.32 Å². The van der Waals surface area contributed by atoms with E-state index in [1.54, 1.807) is 0 Å². The summed E-state index contributed by atoms with van der Waals surface area (Å²) in [6.07, 6.45) is 6.12. The molecule has 0 saturated carbocycles. The topological polar surface area (TPSA) is 61.8 Å². The molecule has 6 nitrogen and oxygen atoms in total. The molecule has 2 heterocycles. The number of nitrogens with zero attached hydrogens (tertiary/aromatic N) is 5. The molecule has 0 bridgehead atoms. The van der Waals surface area contributed by atoms with Crippen molar-refractivity contribution in [1.82, 2.24) is 19.6 Å². The zero-order chi connectivity index (χ0) is 71.5. The summed E-state index contributed by atoms with van der Waals surface area (Å²) in [7, 11) is 3.95. The van der Waals surface area contributed by atoms with Crippen LogP contribution in [0.1, 0.15) is 204 Å². The fourth-order valence-electron chi connectivity index (χ4n) is 9.70. The van der Waals surface area contributed by atoms with E-state index in [4.69, 9.17) is 5.32 Å².